The van der Waals surface area contributed by atoms with Gasteiger partial charge in [0.25, 0.3) is 0 Å². The van der Waals surface area contributed by atoms with Gasteiger partial charge in [-0.15, -0.1) is 0 Å². The van der Waals surface area contributed by atoms with E-state index in [0.29, 0.717) is 12.2 Å². The third-order valence-electron chi connectivity index (χ3n) is 3.87. The van der Waals surface area contributed by atoms with Gasteiger partial charge in [-0.25, -0.2) is 0 Å². The van der Waals surface area contributed by atoms with Gasteiger partial charge in [0.15, 0.2) is 0 Å². The molecule has 1 aliphatic rings. The third kappa shape index (κ3) is 4.23. The summed E-state index contributed by atoms with van der Waals surface area (Å²) in [5.41, 5.74) is 1.52. The van der Waals surface area contributed by atoms with Crippen molar-refractivity contribution in [3.05, 3.63) is 48.3 Å². The van der Waals surface area contributed by atoms with E-state index >= 15 is 0 Å². The highest BCUT2D eigenvalue weighted by Crippen LogP contribution is 2.19. The maximum absolute atomic E-state index is 12.0. The van der Waals surface area contributed by atoms with Crippen molar-refractivity contribution in [3.63, 3.8) is 0 Å². The molecule has 6 heteroatoms. The Morgan fingerprint density at radius 1 is 1.50 bits per heavy atom. The first-order valence-electron chi connectivity index (χ1n) is 8.01. The Morgan fingerprint density at radius 2 is 2.38 bits per heavy atom. The Morgan fingerprint density at radius 3 is 3.17 bits per heavy atom. The molecule has 0 bridgehead atoms. The maximum Gasteiger partial charge on any atom is 0.248 e. The summed E-state index contributed by atoms with van der Waals surface area (Å²) in [5.74, 6) is 0.517. The van der Waals surface area contributed by atoms with Gasteiger partial charge in [-0.1, -0.05) is 18.2 Å². The molecule has 1 atom stereocenters. The number of para-hydroxylation sites is 1. The summed E-state index contributed by atoms with van der Waals surface area (Å²) in [4.78, 5) is 12.0. The van der Waals surface area contributed by atoms with Crippen LogP contribution in [-0.4, -0.2) is 35.5 Å². The van der Waals surface area contributed by atoms with Gasteiger partial charge in [0.2, 0.25) is 5.91 Å². The molecule has 0 unspecified atom stereocenters. The first-order valence-corrected chi connectivity index (χ1v) is 8.01. The molecule has 2 aromatic rings. The van der Waals surface area contributed by atoms with Crippen molar-refractivity contribution >= 4 is 17.7 Å². The van der Waals surface area contributed by atoms with Crippen LogP contribution in [0, 0.1) is 0 Å². The van der Waals surface area contributed by atoms with Crippen LogP contribution in [0.3, 0.4) is 0 Å². The Labute approximate surface area is 141 Å². The molecule has 2 heterocycles. The molecule has 1 aromatic carbocycles. The highest BCUT2D eigenvalue weighted by molar-refractivity contribution is 6.01. The summed E-state index contributed by atoms with van der Waals surface area (Å²) < 4.78 is 12.6. The van der Waals surface area contributed by atoms with E-state index < -0.39 is 0 Å². The molecule has 6 nitrogen and oxygen atoms in total. The lowest BCUT2D eigenvalue weighted by molar-refractivity contribution is -0.111. The zero-order valence-corrected chi connectivity index (χ0v) is 13.6. The average molecular weight is 327 g/mol. The van der Waals surface area contributed by atoms with Crippen molar-refractivity contribution in [1.82, 2.24) is 9.78 Å². The van der Waals surface area contributed by atoms with Gasteiger partial charge in [0, 0.05) is 24.4 Å². The minimum atomic E-state index is -0.211. The number of hydrogen-bond acceptors (Lipinski definition) is 4. The molecule has 1 aliphatic heterocycles. The van der Waals surface area contributed by atoms with Crippen LogP contribution in [0.1, 0.15) is 18.4 Å². The van der Waals surface area contributed by atoms with E-state index in [4.69, 9.17) is 9.47 Å². The summed E-state index contributed by atoms with van der Waals surface area (Å²) in [6.07, 6.45) is 9.05. The van der Waals surface area contributed by atoms with Gasteiger partial charge >= 0.3 is 0 Å². The van der Waals surface area contributed by atoms with Gasteiger partial charge in [-0.2, -0.15) is 5.10 Å². The van der Waals surface area contributed by atoms with E-state index in [1.807, 2.05) is 30.5 Å². The maximum atomic E-state index is 12.0. The molecule has 1 aromatic heterocycles. The van der Waals surface area contributed by atoms with E-state index in [0.717, 1.165) is 30.8 Å². The number of methoxy groups -OCH3 is 1. The molecule has 0 spiro atoms. The second-order valence-electron chi connectivity index (χ2n) is 5.65. The first-order chi connectivity index (χ1) is 11.7. The number of nitrogens with zero attached hydrogens (tertiary/aromatic N) is 2. The standard InChI is InChI=1S/C18H21N3O3/c1-23-17-7-3-2-5-14(17)8-9-18(22)20-15-11-19-21(12-15)13-16-6-4-10-24-16/h2-3,5,7-9,11-12,16H,4,6,10,13H2,1H3,(H,20,22)/b9-8-/t16-/m1/s1. The zero-order valence-electron chi connectivity index (χ0n) is 13.6. The van der Waals surface area contributed by atoms with Gasteiger partial charge in [-0.3, -0.25) is 9.48 Å². The lowest BCUT2D eigenvalue weighted by Gasteiger charge is -2.08. The van der Waals surface area contributed by atoms with E-state index in [-0.39, 0.29) is 12.0 Å². The van der Waals surface area contributed by atoms with Gasteiger partial charge in [-0.05, 0) is 25.0 Å². The van der Waals surface area contributed by atoms with Crippen molar-refractivity contribution < 1.29 is 14.3 Å². The van der Waals surface area contributed by atoms with Crippen molar-refractivity contribution in [2.24, 2.45) is 0 Å². The van der Waals surface area contributed by atoms with Crippen LogP contribution in [0.15, 0.2) is 42.7 Å². The zero-order chi connectivity index (χ0) is 16.8. The Hall–Kier alpha value is -2.60. The monoisotopic (exact) mass is 327 g/mol. The second kappa shape index (κ2) is 7.79. The number of nitrogens with one attached hydrogen (secondary N) is 1. The average Bonchev–Trinajstić information content (AvgIpc) is 3.26. The number of carbonyl (C=O) groups excluding carboxylic acids is 1. The fourth-order valence-electron chi connectivity index (χ4n) is 2.68. The summed E-state index contributed by atoms with van der Waals surface area (Å²) in [7, 11) is 1.61. The number of amides is 1. The Kier molecular flexibility index (Phi) is 5.28. The number of benzene rings is 1. The Bertz CT molecular complexity index is 718. The highest BCUT2D eigenvalue weighted by Gasteiger charge is 2.16. The van der Waals surface area contributed by atoms with Crippen molar-refractivity contribution in [2.75, 3.05) is 19.0 Å². The fourth-order valence-corrected chi connectivity index (χ4v) is 2.68. The van der Waals surface area contributed by atoms with E-state index in [1.165, 1.54) is 6.08 Å². The fraction of sp³-hybridized carbons (Fsp3) is 0.333. The quantitative estimate of drug-likeness (QED) is 0.829. The topological polar surface area (TPSA) is 65.4 Å². The Balaban J connectivity index is 1.56. The summed E-state index contributed by atoms with van der Waals surface area (Å²) in [6.45, 7) is 1.54. The molecule has 1 fully saturated rings. The van der Waals surface area contributed by atoms with E-state index in [1.54, 1.807) is 24.1 Å². The number of hydrogen-bond donors (Lipinski definition) is 1. The summed E-state index contributed by atoms with van der Waals surface area (Å²) in [5, 5.41) is 7.06. The number of ether oxygens (including phenoxy) is 2. The summed E-state index contributed by atoms with van der Waals surface area (Å²) in [6, 6.07) is 7.53. The minimum absolute atomic E-state index is 0.211. The van der Waals surface area contributed by atoms with Crippen LogP contribution in [0.25, 0.3) is 6.08 Å². The summed E-state index contributed by atoms with van der Waals surface area (Å²) >= 11 is 0. The highest BCUT2D eigenvalue weighted by atomic mass is 16.5. The van der Waals surface area contributed by atoms with Crippen LogP contribution >= 0.6 is 0 Å². The second-order valence-corrected chi connectivity index (χ2v) is 5.65. The van der Waals surface area contributed by atoms with Gasteiger partial charge < -0.3 is 14.8 Å². The molecule has 0 aliphatic carbocycles. The van der Waals surface area contributed by atoms with Gasteiger partial charge in [0.1, 0.15) is 5.75 Å². The third-order valence-corrected chi connectivity index (χ3v) is 3.87. The molecule has 126 valence electrons. The number of aromatic nitrogens is 2. The SMILES string of the molecule is COc1ccccc1/C=C\C(=O)Nc1cnn(C[C@H]2CCCO2)c1. The first kappa shape index (κ1) is 16.3. The number of rotatable bonds is 6. The molecule has 0 radical (unpaired) electrons. The molecule has 1 amide bonds. The largest absolute Gasteiger partial charge is 0.496 e. The molecular weight excluding hydrogens is 306 g/mol. The molecular formula is C18H21N3O3. The molecule has 24 heavy (non-hydrogen) atoms. The predicted octanol–water partition coefficient (Wildman–Crippen LogP) is 2.72. The van der Waals surface area contributed by atoms with Crippen LogP contribution in [0.2, 0.25) is 0 Å². The van der Waals surface area contributed by atoms with Gasteiger partial charge in [0.05, 0.1) is 31.6 Å². The van der Waals surface area contributed by atoms with E-state index in [2.05, 4.69) is 10.4 Å². The smallest absolute Gasteiger partial charge is 0.248 e. The minimum Gasteiger partial charge on any atom is -0.496 e. The van der Waals surface area contributed by atoms with Crippen LogP contribution < -0.4 is 10.1 Å². The number of anilines is 1. The van der Waals surface area contributed by atoms with Crippen LogP contribution in [-0.2, 0) is 16.1 Å². The van der Waals surface area contributed by atoms with E-state index in [9.17, 15) is 4.79 Å². The van der Waals surface area contributed by atoms with Crippen molar-refractivity contribution in [2.45, 2.75) is 25.5 Å². The van der Waals surface area contributed by atoms with Crippen molar-refractivity contribution in [1.29, 1.82) is 0 Å². The molecule has 1 N–H and O–H groups in total. The molecule has 1 saturated heterocycles. The number of carbonyl (C=O) groups is 1. The van der Waals surface area contributed by atoms with Crippen LogP contribution in [0.4, 0.5) is 5.69 Å². The molecule has 3 rings (SSSR count). The van der Waals surface area contributed by atoms with Crippen LogP contribution in [0.5, 0.6) is 5.75 Å². The lowest BCUT2D eigenvalue weighted by Crippen LogP contribution is -2.15. The normalized spacial score (nSPS) is 17.3. The lowest BCUT2D eigenvalue weighted by atomic mass is 10.2. The van der Waals surface area contributed by atoms with Crippen molar-refractivity contribution in [3.8, 4) is 5.75 Å². The predicted molar refractivity (Wildman–Crippen MR) is 91.9 cm³/mol. The molecule has 0 saturated carbocycles.